The van der Waals surface area contributed by atoms with Crippen molar-refractivity contribution in [1.82, 2.24) is 9.78 Å². The van der Waals surface area contributed by atoms with Crippen LogP contribution in [0.1, 0.15) is 11.5 Å². The first kappa shape index (κ1) is 18.2. The number of aromatic nitrogens is 2. The van der Waals surface area contributed by atoms with E-state index < -0.39 is 11.4 Å². The lowest BCUT2D eigenvalue weighted by molar-refractivity contribution is 0.527. The van der Waals surface area contributed by atoms with Gasteiger partial charge in [0.05, 0.1) is 23.1 Å². The first-order valence-corrected chi connectivity index (χ1v) is 8.20. The Bertz CT molecular complexity index is 1050. The van der Waals surface area contributed by atoms with E-state index in [0.717, 1.165) is 16.5 Å². The van der Waals surface area contributed by atoms with Gasteiger partial charge >= 0.3 is 0 Å². The fourth-order valence-electron chi connectivity index (χ4n) is 2.18. The standard InChI is InChI=1S/C17H13Cl2FN4O2/c1-10-3-5-12(26-10)8-21-23(2)15-9-22-24(17(25)16(15)19)11-4-6-14(20)13(18)7-11/h3-9H,1-2H3. The molecule has 9 heteroatoms. The molecule has 0 radical (unpaired) electrons. The summed E-state index contributed by atoms with van der Waals surface area (Å²) in [7, 11) is 1.62. The molecule has 0 saturated heterocycles. The Balaban J connectivity index is 1.92. The third-order valence-corrected chi connectivity index (χ3v) is 4.16. The molecule has 0 bridgehead atoms. The Hall–Kier alpha value is -2.64. The smallest absolute Gasteiger partial charge is 0.292 e. The maximum absolute atomic E-state index is 13.3. The van der Waals surface area contributed by atoms with Crippen LogP contribution in [-0.2, 0) is 0 Å². The van der Waals surface area contributed by atoms with Crippen molar-refractivity contribution >= 4 is 35.1 Å². The SMILES string of the molecule is Cc1ccc(C=NN(C)c2cnn(-c3ccc(F)c(Cl)c3)c(=O)c2Cl)o1. The van der Waals surface area contributed by atoms with E-state index in [1.807, 2.05) is 13.0 Å². The zero-order chi connectivity index (χ0) is 18.8. The van der Waals surface area contributed by atoms with Gasteiger partial charge in [-0.25, -0.2) is 4.39 Å². The van der Waals surface area contributed by atoms with Gasteiger partial charge in [0.1, 0.15) is 28.0 Å². The molecule has 0 saturated carbocycles. The van der Waals surface area contributed by atoms with E-state index in [4.69, 9.17) is 27.6 Å². The highest BCUT2D eigenvalue weighted by Crippen LogP contribution is 2.22. The Morgan fingerprint density at radius 3 is 2.73 bits per heavy atom. The monoisotopic (exact) mass is 394 g/mol. The van der Waals surface area contributed by atoms with Gasteiger partial charge < -0.3 is 4.42 Å². The minimum Gasteiger partial charge on any atom is -0.460 e. The molecule has 3 rings (SSSR count). The number of benzene rings is 1. The summed E-state index contributed by atoms with van der Waals surface area (Å²) in [5.74, 6) is 0.732. The molecule has 26 heavy (non-hydrogen) atoms. The molecule has 134 valence electrons. The molecule has 0 fully saturated rings. The number of furan rings is 1. The maximum atomic E-state index is 13.3. The summed E-state index contributed by atoms with van der Waals surface area (Å²) in [5, 5.41) is 9.43. The van der Waals surface area contributed by atoms with Gasteiger partial charge in [0, 0.05) is 7.05 Å². The summed E-state index contributed by atoms with van der Waals surface area (Å²) in [4.78, 5) is 12.5. The van der Waals surface area contributed by atoms with E-state index in [0.29, 0.717) is 17.1 Å². The van der Waals surface area contributed by atoms with E-state index in [2.05, 4.69) is 10.2 Å². The number of hydrogen-bond acceptors (Lipinski definition) is 5. The van der Waals surface area contributed by atoms with Crippen LogP contribution in [0.15, 0.2) is 50.8 Å². The van der Waals surface area contributed by atoms with Gasteiger partial charge in [0.15, 0.2) is 0 Å². The van der Waals surface area contributed by atoms with E-state index in [1.54, 1.807) is 13.1 Å². The van der Waals surface area contributed by atoms with Gasteiger partial charge in [-0.05, 0) is 37.3 Å². The van der Waals surface area contributed by atoms with Crippen LogP contribution < -0.4 is 10.6 Å². The van der Waals surface area contributed by atoms with Crippen molar-refractivity contribution in [2.75, 3.05) is 12.1 Å². The van der Waals surface area contributed by atoms with Crippen LogP contribution in [0.25, 0.3) is 5.69 Å². The first-order valence-electron chi connectivity index (χ1n) is 7.44. The van der Waals surface area contributed by atoms with Crippen molar-refractivity contribution in [2.24, 2.45) is 5.10 Å². The fraction of sp³-hybridized carbons (Fsp3) is 0.118. The third-order valence-electron chi connectivity index (χ3n) is 3.52. The summed E-state index contributed by atoms with van der Waals surface area (Å²) < 4.78 is 19.7. The molecule has 0 amide bonds. The molecule has 0 unspecified atom stereocenters. The van der Waals surface area contributed by atoms with Crippen molar-refractivity contribution in [1.29, 1.82) is 0 Å². The first-order chi connectivity index (χ1) is 12.4. The molecule has 0 aliphatic rings. The zero-order valence-electron chi connectivity index (χ0n) is 13.8. The van der Waals surface area contributed by atoms with E-state index in [1.165, 1.54) is 29.6 Å². The van der Waals surface area contributed by atoms with Gasteiger partial charge in [-0.3, -0.25) is 9.80 Å². The average molecular weight is 395 g/mol. The second-order valence-corrected chi connectivity index (χ2v) is 6.16. The summed E-state index contributed by atoms with van der Waals surface area (Å²) >= 11 is 11.9. The molecular formula is C17H13Cl2FN4O2. The number of halogens is 3. The van der Waals surface area contributed by atoms with Crippen molar-refractivity contribution in [3.05, 3.63) is 74.3 Å². The van der Waals surface area contributed by atoms with Gasteiger partial charge in [-0.2, -0.15) is 14.9 Å². The van der Waals surface area contributed by atoms with Crippen LogP contribution in [0.4, 0.5) is 10.1 Å². The predicted octanol–water partition coefficient (Wildman–Crippen LogP) is 4.05. The Morgan fingerprint density at radius 2 is 2.08 bits per heavy atom. The molecule has 0 aliphatic carbocycles. The lowest BCUT2D eigenvalue weighted by Crippen LogP contribution is -2.24. The van der Waals surface area contributed by atoms with E-state index in [9.17, 15) is 9.18 Å². The van der Waals surface area contributed by atoms with Crippen LogP contribution in [0.2, 0.25) is 10.0 Å². The quantitative estimate of drug-likeness (QED) is 0.494. The molecule has 0 N–H and O–H groups in total. The average Bonchev–Trinajstić information content (AvgIpc) is 3.03. The lowest BCUT2D eigenvalue weighted by Gasteiger charge is -2.15. The zero-order valence-corrected chi connectivity index (χ0v) is 15.3. The molecule has 2 heterocycles. The van der Waals surface area contributed by atoms with Crippen molar-refractivity contribution in [3.8, 4) is 5.69 Å². The van der Waals surface area contributed by atoms with Crippen molar-refractivity contribution < 1.29 is 8.81 Å². The number of hydrazone groups is 1. The molecule has 3 aromatic rings. The molecule has 2 aromatic heterocycles. The molecule has 6 nitrogen and oxygen atoms in total. The summed E-state index contributed by atoms with van der Waals surface area (Å²) in [6.45, 7) is 1.82. The summed E-state index contributed by atoms with van der Waals surface area (Å²) in [6.07, 6.45) is 2.88. The second-order valence-electron chi connectivity index (χ2n) is 5.38. The van der Waals surface area contributed by atoms with Crippen molar-refractivity contribution in [2.45, 2.75) is 6.92 Å². The largest absolute Gasteiger partial charge is 0.460 e. The highest BCUT2D eigenvalue weighted by molar-refractivity contribution is 6.33. The number of anilines is 1. The lowest BCUT2D eigenvalue weighted by atomic mass is 10.3. The molecular weight excluding hydrogens is 382 g/mol. The summed E-state index contributed by atoms with van der Waals surface area (Å²) in [6, 6.07) is 7.40. The van der Waals surface area contributed by atoms with Crippen LogP contribution in [-0.4, -0.2) is 23.0 Å². The van der Waals surface area contributed by atoms with Crippen LogP contribution >= 0.6 is 23.2 Å². The van der Waals surface area contributed by atoms with Crippen molar-refractivity contribution in [3.63, 3.8) is 0 Å². The fourth-order valence-corrected chi connectivity index (χ4v) is 2.60. The van der Waals surface area contributed by atoms with Crippen LogP contribution in [0, 0.1) is 12.7 Å². The third kappa shape index (κ3) is 3.63. The van der Waals surface area contributed by atoms with Gasteiger partial charge in [0.25, 0.3) is 5.56 Å². The van der Waals surface area contributed by atoms with E-state index >= 15 is 0 Å². The van der Waals surface area contributed by atoms with Gasteiger partial charge in [-0.15, -0.1) is 0 Å². The topological polar surface area (TPSA) is 63.6 Å². The highest BCUT2D eigenvalue weighted by Gasteiger charge is 2.14. The minimum absolute atomic E-state index is 0.0873. The Kier molecular flexibility index (Phi) is 5.11. The number of nitrogens with zero attached hydrogens (tertiary/aromatic N) is 4. The number of aryl methyl sites for hydroxylation is 1. The van der Waals surface area contributed by atoms with Crippen LogP contribution in [0.3, 0.4) is 0 Å². The Morgan fingerprint density at radius 1 is 1.31 bits per heavy atom. The molecule has 0 aliphatic heterocycles. The minimum atomic E-state index is -0.589. The van der Waals surface area contributed by atoms with Gasteiger partial charge in [-0.1, -0.05) is 23.2 Å². The Labute approximate surface area is 158 Å². The molecule has 0 atom stereocenters. The second kappa shape index (κ2) is 7.31. The number of hydrogen-bond donors (Lipinski definition) is 0. The number of rotatable bonds is 4. The van der Waals surface area contributed by atoms with E-state index in [-0.39, 0.29) is 10.0 Å². The highest BCUT2D eigenvalue weighted by atomic mass is 35.5. The van der Waals surface area contributed by atoms with Gasteiger partial charge in [0.2, 0.25) is 0 Å². The normalized spacial score (nSPS) is 11.3. The molecule has 1 aromatic carbocycles. The predicted molar refractivity (Wildman–Crippen MR) is 99.3 cm³/mol. The maximum Gasteiger partial charge on any atom is 0.292 e. The van der Waals surface area contributed by atoms with Crippen LogP contribution in [0.5, 0.6) is 0 Å². The molecule has 0 spiro atoms. The summed E-state index contributed by atoms with van der Waals surface area (Å²) in [5.41, 5.74) is 0.0236.